The molecular formula is C13H13NO5S. The Balaban J connectivity index is 2.03. The highest BCUT2D eigenvalue weighted by molar-refractivity contribution is 7.09. The largest absolute Gasteiger partial charge is 0.494 e. The van der Waals surface area contributed by atoms with E-state index in [4.69, 9.17) is 0 Å². The second-order valence-electron chi connectivity index (χ2n) is 4.08. The molecule has 0 saturated heterocycles. The Morgan fingerprint density at radius 2 is 1.95 bits per heavy atom. The summed E-state index contributed by atoms with van der Waals surface area (Å²) in [6.07, 6.45) is 0.578. The molecule has 0 aliphatic rings. The molecule has 0 bridgehead atoms. The zero-order valence-corrected chi connectivity index (χ0v) is 11.5. The lowest BCUT2D eigenvalue weighted by atomic mass is 10.1. The van der Waals surface area contributed by atoms with Gasteiger partial charge in [-0.15, -0.1) is 0 Å². The maximum absolute atomic E-state index is 11.2. The fourth-order valence-electron chi connectivity index (χ4n) is 1.72. The molecule has 0 amide bonds. The van der Waals surface area contributed by atoms with Gasteiger partial charge in [0.2, 0.25) is 5.88 Å². The Labute approximate surface area is 118 Å². The number of aromatic hydroxyl groups is 1. The number of nitrogens with one attached hydrogen (secondary N) is 1. The van der Waals surface area contributed by atoms with Crippen LogP contribution < -0.4 is 4.87 Å². The Kier molecular flexibility index (Phi) is 4.54. The minimum Gasteiger partial charge on any atom is -0.494 e. The first-order chi connectivity index (χ1) is 9.58. The fraction of sp³-hybridized carbons (Fsp3) is 0.231. The van der Waals surface area contributed by atoms with Gasteiger partial charge in [-0.05, 0) is 11.1 Å². The van der Waals surface area contributed by atoms with Crippen LogP contribution in [0.1, 0.15) is 16.0 Å². The van der Waals surface area contributed by atoms with Crippen LogP contribution in [0.15, 0.2) is 29.1 Å². The molecule has 0 unspecified atom stereocenters. The zero-order chi connectivity index (χ0) is 14.5. The maximum Gasteiger partial charge on any atom is 0.346 e. The zero-order valence-electron chi connectivity index (χ0n) is 10.7. The third kappa shape index (κ3) is 3.69. The van der Waals surface area contributed by atoms with Crippen LogP contribution in [0.4, 0.5) is 0 Å². The lowest BCUT2D eigenvalue weighted by Crippen LogP contribution is -2.06. The molecular weight excluding hydrogens is 282 g/mol. The Bertz CT molecular complexity index is 644. The van der Waals surface area contributed by atoms with Gasteiger partial charge in [0.15, 0.2) is 0 Å². The number of aromatic nitrogens is 1. The van der Waals surface area contributed by atoms with Gasteiger partial charge in [-0.1, -0.05) is 35.6 Å². The monoisotopic (exact) mass is 295 g/mol. The van der Waals surface area contributed by atoms with Crippen molar-refractivity contribution < 1.29 is 19.7 Å². The van der Waals surface area contributed by atoms with E-state index in [1.165, 1.54) is 7.11 Å². The smallest absolute Gasteiger partial charge is 0.346 e. The molecule has 0 radical (unpaired) electrons. The summed E-state index contributed by atoms with van der Waals surface area (Å²) in [6.45, 7) is 0. The Morgan fingerprint density at radius 1 is 1.30 bits per heavy atom. The lowest BCUT2D eigenvalue weighted by Gasteiger charge is -2.03. The average Bonchev–Trinajstić information content (AvgIpc) is 2.70. The van der Waals surface area contributed by atoms with Crippen molar-refractivity contribution in [3.05, 3.63) is 49.9 Å². The molecule has 2 N–H and O–H groups in total. The number of thiazole rings is 1. The first-order valence-corrected chi connectivity index (χ1v) is 6.62. The minimum absolute atomic E-state index is 0.0900. The van der Waals surface area contributed by atoms with E-state index in [0.29, 0.717) is 11.3 Å². The first-order valence-electron chi connectivity index (χ1n) is 5.80. The van der Waals surface area contributed by atoms with Crippen molar-refractivity contribution in [1.82, 2.24) is 4.98 Å². The number of hydrogen-bond acceptors (Lipinski definition) is 6. The molecule has 0 fully saturated rings. The number of benzene rings is 1. The van der Waals surface area contributed by atoms with Gasteiger partial charge in [0.05, 0.1) is 18.4 Å². The molecule has 0 saturated carbocycles. The Hall–Kier alpha value is -2.12. The van der Waals surface area contributed by atoms with Crippen molar-refractivity contribution in [2.24, 2.45) is 0 Å². The van der Waals surface area contributed by atoms with Gasteiger partial charge < -0.3 is 5.11 Å². The summed E-state index contributed by atoms with van der Waals surface area (Å²) in [6, 6.07) is 7.25. The predicted molar refractivity (Wildman–Crippen MR) is 72.7 cm³/mol. The first kappa shape index (κ1) is 14.3. The van der Waals surface area contributed by atoms with Crippen LogP contribution in [0.25, 0.3) is 0 Å². The van der Waals surface area contributed by atoms with Crippen molar-refractivity contribution in [1.29, 1.82) is 0 Å². The molecule has 0 spiro atoms. The minimum atomic E-state index is -0.471. The normalized spacial score (nSPS) is 10.4. The van der Waals surface area contributed by atoms with E-state index in [-0.39, 0.29) is 17.2 Å². The second kappa shape index (κ2) is 6.36. The van der Waals surface area contributed by atoms with Gasteiger partial charge in [0, 0.05) is 6.42 Å². The molecule has 20 heavy (non-hydrogen) atoms. The van der Waals surface area contributed by atoms with Crippen LogP contribution in [0, 0.1) is 0 Å². The van der Waals surface area contributed by atoms with Gasteiger partial charge in [-0.25, -0.2) is 4.79 Å². The molecule has 2 aromatic rings. The van der Waals surface area contributed by atoms with Crippen LogP contribution in [0.2, 0.25) is 0 Å². The van der Waals surface area contributed by atoms with Crippen LogP contribution in [-0.2, 0) is 27.4 Å². The molecule has 0 aliphatic heterocycles. The summed E-state index contributed by atoms with van der Waals surface area (Å²) in [4.78, 5) is 33.6. The third-order valence-corrected chi connectivity index (χ3v) is 3.48. The number of carbonyl (C=O) groups is 1. The topological polar surface area (TPSA) is 88.6 Å². The molecule has 2 rings (SSSR count). The maximum atomic E-state index is 11.2. The van der Waals surface area contributed by atoms with Gasteiger partial charge in [-0.2, -0.15) is 4.89 Å². The predicted octanol–water partition coefficient (Wildman–Crippen LogP) is 1.38. The van der Waals surface area contributed by atoms with E-state index < -0.39 is 5.97 Å². The second-order valence-corrected chi connectivity index (χ2v) is 5.15. The number of carbonyl (C=O) groups excluding carboxylic acids is 1. The number of hydrogen-bond donors (Lipinski definition) is 2. The van der Waals surface area contributed by atoms with Crippen LogP contribution >= 0.6 is 11.3 Å². The van der Waals surface area contributed by atoms with E-state index in [2.05, 4.69) is 14.8 Å². The van der Waals surface area contributed by atoms with E-state index in [1.54, 1.807) is 12.1 Å². The van der Waals surface area contributed by atoms with Crippen molar-refractivity contribution in [2.45, 2.75) is 12.8 Å². The quantitative estimate of drug-likeness (QED) is 0.642. The summed E-state index contributed by atoms with van der Waals surface area (Å²) in [5, 5.41) is 9.51. The summed E-state index contributed by atoms with van der Waals surface area (Å²) in [5.74, 6) is -0.561. The lowest BCUT2D eigenvalue weighted by molar-refractivity contribution is -0.254. The molecule has 1 aromatic carbocycles. The number of rotatable bonds is 5. The fourth-order valence-corrected chi connectivity index (χ4v) is 2.48. The third-order valence-electron chi connectivity index (χ3n) is 2.61. The Morgan fingerprint density at radius 3 is 2.50 bits per heavy atom. The van der Waals surface area contributed by atoms with Crippen LogP contribution in [0.5, 0.6) is 5.88 Å². The SMILES string of the molecule is COOC(=O)Cc1ccc(Cc2sc(=O)[nH]c2O)cc1. The summed E-state index contributed by atoms with van der Waals surface area (Å²) < 4.78 is 0. The highest BCUT2D eigenvalue weighted by Crippen LogP contribution is 2.20. The van der Waals surface area contributed by atoms with E-state index in [9.17, 15) is 14.7 Å². The summed E-state index contributed by atoms with van der Waals surface area (Å²) >= 11 is 0.979. The average molecular weight is 295 g/mol. The molecule has 106 valence electrons. The molecule has 1 aromatic heterocycles. The number of aromatic amines is 1. The molecule has 0 atom stereocenters. The molecule has 1 heterocycles. The van der Waals surface area contributed by atoms with Gasteiger partial charge in [0.1, 0.15) is 0 Å². The van der Waals surface area contributed by atoms with E-state index >= 15 is 0 Å². The van der Waals surface area contributed by atoms with E-state index in [0.717, 1.165) is 22.5 Å². The van der Waals surface area contributed by atoms with Crippen LogP contribution in [0.3, 0.4) is 0 Å². The summed E-state index contributed by atoms with van der Waals surface area (Å²) in [5.41, 5.74) is 1.72. The van der Waals surface area contributed by atoms with Gasteiger partial charge >= 0.3 is 10.8 Å². The summed E-state index contributed by atoms with van der Waals surface area (Å²) in [7, 11) is 1.27. The molecule has 0 aliphatic carbocycles. The molecule has 6 nitrogen and oxygen atoms in total. The number of H-pyrrole nitrogens is 1. The standard InChI is InChI=1S/C13H13NO5S/c1-18-19-11(15)7-9-4-2-8(3-5-9)6-10-12(16)14-13(17)20-10/h2-5,16H,6-7H2,1H3,(H,14,17). The van der Waals surface area contributed by atoms with E-state index in [1.807, 2.05) is 12.1 Å². The van der Waals surface area contributed by atoms with Gasteiger partial charge in [0.25, 0.3) is 0 Å². The van der Waals surface area contributed by atoms with Crippen molar-refractivity contribution in [2.75, 3.05) is 7.11 Å². The van der Waals surface area contributed by atoms with Crippen molar-refractivity contribution >= 4 is 17.3 Å². The van der Waals surface area contributed by atoms with Crippen molar-refractivity contribution in [3.63, 3.8) is 0 Å². The van der Waals surface area contributed by atoms with Gasteiger partial charge in [-0.3, -0.25) is 14.7 Å². The highest BCUT2D eigenvalue weighted by Gasteiger charge is 2.09. The highest BCUT2D eigenvalue weighted by atomic mass is 32.1. The van der Waals surface area contributed by atoms with Crippen LogP contribution in [-0.4, -0.2) is 23.2 Å². The van der Waals surface area contributed by atoms with Crippen molar-refractivity contribution in [3.8, 4) is 5.88 Å². The molecule has 7 heteroatoms.